The molecule has 6 heteroatoms. The first-order valence-corrected chi connectivity index (χ1v) is 10.3. The van der Waals surface area contributed by atoms with E-state index in [1.165, 1.54) is 5.56 Å². The van der Waals surface area contributed by atoms with Gasteiger partial charge >= 0.3 is 0 Å². The lowest BCUT2D eigenvalue weighted by molar-refractivity contribution is 0.0792. The standard InChI is InChI=1S/C23H32N4O2/c1-17(2)29-22-9-7-20(8-10-22)26-23(24)25-15-18-3-5-19(6-4-18)16-27-13-11-21(28)12-14-27/h3-10,17,21,28H,11-16H2,1-2H3,(H3,24,25,26). The molecule has 29 heavy (non-hydrogen) atoms. The van der Waals surface area contributed by atoms with Gasteiger partial charge in [0.05, 0.1) is 18.8 Å². The van der Waals surface area contributed by atoms with Crippen LogP contribution in [0.5, 0.6) is 5.75 Å². The molecular weight excluding hydrogens is 364 g/mol. The second kappa shape index (κ2) is 10.3. The highest BCUT2D eigenvalue weighted by molar-refractivity contribution is 5.92. The minimum atomic E-state index is -0.128. The first kappa shape index (κ1) is 21.1. The molecule has 0 bridgehead atoms. The maximum Gasteiger partial charge on any atom is 0.193 e. The summed E-state index contributed by atoms with van der Waals surface area (Å²) in [4.78, 5) is 6.82. The lowest BCUT2D eigenvalue weighted by Crippen LogP contribution is -2.35. The highest BCUT2D eigenvalue weighted by Crippen LogP contribution is 2.17. The molecule has 0 unspecified atom stereocenters. The molecule has 1 aliphatic rings. The van der Waals surface area contributed by atoms with Gasteiger partial charge in [-0.3, -0.25) is 4.90 Å². The second-order valence-electron chi connectivity index (χ2n) is 7.84. The second-order valence-corrected chi connectivity index (χ2v) is 7.84. The van der Waals surface area contributed by atoms with E-state index in [1.807, 2.05) is 38.1 Å². The number of hydrogen-bond acceptors (Lipinski definition) is 4. The Morgan fingerprint density at radius 1 is 1.10 bits per heavy atom. The Kier molecular flexibility index (Phi) is 7.49. The van der Waals surface area contributed by atoms with Crippen molar-refractivity contribution in [1.29, 1.82) is 0 Å². The van der Waals surface area contributed by atoms with Gasteiger partial charge in [0, 0.05) is 25.3 Å². The SMILES string of the molecule is CC(C)Oc1ccc(NC(N)=NCc2ccc(CN3CCC(O)CC3)cc2)cc1. The number of aliphatic imine (C=N–C) groups is 1. The number of nitrogens with two attached hydrogens (primary N) is 1. The zero-order valence-electron chi connectivity index (χ0n) is 17.3. The third-order valence-corrected chi connectivity index (χ3v) is 4.92. The molecule has 2 aromatic carbocycles. The van der Waals surface area contributed by atoms with Gasteiger partial charge in [-0.15, -0.1) is 0 Å². The Balaban J connectivity index is 1.47. The molecule has 3 rings (SSSR count). The molecule has 1 heterocycles. The van der Waals surface area contributed by atoms with Gasteiger partial charge in [0.2, 0.25) is 0 Å². The molecular formula is C23H32N4O2. The minimum absolute atomic E-state index is 0.128. The minimum Gasteiger partial charge on any atom is -0.491 e. The molecule has 0 amide bonds. The van der Waals surface area contributed by atoms with E-state index in [2.05, 4.69) is 39.5 Å². The van der Waals surface area contributed by atoms with E-state index < -0.39 is 0 Å². The van der Waals surface area contributed by atoms with Gasteiger partial charge < -0.3 is 20.9 Å². The lowest BCUT2D eigenvalue weighted by atomic mass is 10.1. The number of likely N-dealkylation sites (tertiary alicyclic amines) is 1. The van der Waals surface area contributed by atoms with E-state index in [-0.39, 0.29) is 12.2 Å². The first-order valence-electron chi connectivity index (χ1n) is 10.3. The van der Waals surface area contributed by atoms with Crippen molar-refractivity contribution in [3.05, 3.63) is 59.7 Å². The van der Waals surface area contributed by atoms with Gasteiger partial charge in [-0.25, -0.2) is 4.99 Å². The van der Waals surface area contributed by atoms with Crippen molar-refractivity contribution in [2.24, 2.45) is 10.7 Å². The molecule has 156 valence electrons. The van der Waals surface area contributed by atoms with Crippen LogP contribution in [0.4, 0.5) is 5.69 Å². The summed E-state index contributed by atoms with van der Waals surface area (Å²) >= 11 is 0. The first-order chi connectivity index (χ1) is 14.0. The molecule has 0 aliphatic carbocycles. The van der Waals surface area contributed by atoms with Crippen LogP contribution >= 0.6 is 0 Å². The topological polar surface area (TPSA) is 83.1 Å². The van der Waals surface area contributed by atoms with Gasteiger partial charge in [0.15, 0.2) is 5.96 Å². The summed E-state index contributed by atoms with van der Waals surface area (Å²) < 4.78 is 5.64. The fraction of sp³-hybridized carbons (Fsp3) is 0.435. The molecule has 0 radical (unpaired) electrons. The predicted molar refractivity (Wildman–Crippen MR) is 118 cm³/mol. The number of rotatable bonds is 7. The zero-order valence-corrected chi connectivity index (χ0v) is 17.3. The van der Waals surface area contributed by atoms with Gasteiger partial charge in [0.25, 0.3) is 0 Å². The van der Waals surface area contributed by atoms with Crippen LogP contribution in [0, 0.1) is 0 Å². The molecule has 0 saturated carbocycles. The van der Waals surface area contributed by atoms with E-state index in [9.17, 15) is 5.11 Å². The maximum atomic E-state index is 9.61. The van der Waals surface area contributed by atoms with Crippen LogP contribution < -0.4 is 15.8 Å². The van der Waals surface area contributed by atoms with Crippen molar-refractivity contribution >= 4 is 11.6 Å². The number of nitrogens with zero attached hydrogens (tertiary/aromatic N) is 2. The Bertz CT molecular complexity index is 780. The molecule has 2 aromatic rings. The van der Waals surface area contributed by atoms with Crippen molar-refractivity contribution in [3.8, 4) is 5.75 Å². The normalized spacial score (nSPS) is 16.2. The van der Waals surface area contributed by atoms with Crippen LogP contribution in [-0.4, -0.2) is 41.3 Å². The molecule has 1 aliphatic heterocycles. The smallest absolute Gasteiger partial charge is 0.193 e. The molecule has 1 saturated heterocycles. The Morgan fingerprint density at radius 3 is 2.34 bits per heavy atom. The summed E-state index contributed by atoms with van der Waals surface area (Å²) in [5.74, 6) is 1.22. The quantitative estimate of drug-likeness (QED) is 0.494. The monoisotopic (exact) mass is 396 g/mol. The fourth-order valence-corrected chi connectivity index (χ4v) is 3.34. The summed E-state index contributed by atoms with van der Waals surface area (Å²) in [5, 5.41) is 12.7. The van der Waals surface area contributed by atoms with Crippen molar-refractivity contribution in [2.75, 3.05) is 18.4 Å². The zero-order chi connectivity index (χ0) is 20.6. The molecule has 0 aromatic heterocycles. The lowest BCUT2D eigenvalue weighted by Gasteiger charge is -2.29. The van der Waals surface area contributed by atoms with Gasteiger partial charge in [-0.2, -0.15) is 0 Å². The third-order valence-electron chi connectivity index (χ3n) is 4.92. The number of benzene rings is 2. The van der Waals surface area contributed by atoms with Crippen LogP contribution in [0.15, 0.2) is 53.5 Å². The summed E-state index contributed by atoms with van der Waals surface area (Å²) in [5.41, 5.74) is 9.30. The fourth-order valence-electron chi connectivity index (χ4n) is 3.34. The van der Waals surface area contributed by atoms with E-state index >= 15 is 0 Å². The average Bonchev–Trinajstić information content (AvgIpc) is 2.70. The molecule has 0 atom stereocenters. The molecule has 6 nitrogen and oxygen atoms in total. The summed E-state index contributed by atoms with van der Waals surface area (Å²) in [6.45, 7) is 7.38. The van der Waals surface area contributed by atoms with E-state index in [0.29, 0.717) is 12.5 Å². The molecule has 0 spiro atoms. The highest BCUT2D eigenvalue weighted by Gasteiger charge is 2.16. The van der Waals surface area contributed by atoms with Crippen molar-refractivity contribution in [3.63, 3.8) is 0 Å². The summed E-state index contributed by atoms with van der Waals surface area (Å²) in [6.07, 6.45) is 1.76. The van der Waals surface area contributed by atoms with Crippen molar-refractivity contribution in [2.45, 2.75) is 52.0 Å². The van der Waals surface area contributed by atoms with Crippen LogP contribution in [-0.2, 0) is 13.1 Å². The predicted octanol–water partition coefficient (Wildman–Crippen LogP) is 3.36. The number of aliphatic hydroxyl groups is 1. The van der Waals surface area contributed by atoms with Crippen molar-refractivity contribution in [1.82, 2.24) is 4.90 Å². The van der Waals surface area contributed by atoms with Gasteiger partial charge in [0.1, 0.15) is 5.75 Å². The molecule has 4 N–H and O–H groups in total. The summed E-state index contributed by atoms with van der Waals surface area (Å²) in [6, 6.07) is 16.2. The van der Waals surface area contributed by atoms with Crippen LogP contribution in [0.25, 0.3) is 0 Å². The number of anilines is 1. The Labute approximate surface area is 173 Å². The largest absolute Gasteiger partial charge is 0.491 e. The summed E-state index contributed by atoms with van der Waals surface area (Å²) in [7, 11) is 0. The number of hydrogen-bond donors (Lipinski definition) is 3. The Morgan fingerprint density at radius 2 is 1.72 bits per heavy atom. The van der Waals surface area contributed by atoms with Gasteiger partial charge in [-0.1, -0.05) is 24.3 Å². The average molecular weight is 397 g/mol. The Hall–Kier alpha value is -2.57. The third kappa shape index (κ3) is 7.07. The number of ether oxygens (including phenoxy) is 1. The van der Waals surface area contributed by atoms with E-state index in [4.69, 9.17) is 10.5 Å². The van der Waals surface area contributed by atoms with Gasteiger partial charge in [-0.05, 0) is 62.1 Å². The van der Waals surface area contributed by atoms with E-state index in [0.717, 1.165) is 49.5 Å². The number of nitrogens with one attached hydrogen (secondary N) is 1. The number of guanidine groups is 1. The van der Waals surface area contributed by atoms with E-state index in [1.54, 1.807) is 0 Å². The van der Waals surface area contributed by atoms with Crippen LogP contribution in [0.2, 0.25) is 0 Å². The van der Waals surface area contributed by atoms with Crippen LogP contribution in [0.1, 0.15) is 37.8 Å². The molecule has 1 fully saturated rings. The van der Waals surface area contributed by atoms with Crippen LogP contribution in [0.3, 0.4) is 0 Å². The highest BCUT2D eigenvalue weighted by atomic mass is 16.5. The maximum absolute atomic E-state index is 9.61. The van der Waals surface area contributed by atoms with Crippen molar-refractivity contribution < 1.29 is 9.84 Å². The number of aliphatic hydroxyl groups excluding tert-OH is 1. The number of piperidine rings is 1.